The Bertz CT molecular complexity index is 668. The largest absolute Gasteiger partial charge is 0.356 e. The van der Waals surface area contributed by atoms with Gasteiger partial charge in [0.05, 0.1) is 6.04 Å². The molecule has 0 fully saturated rings. The minimum absolute atomic E-state index is 0.0216. The Labute approximate surface area is 153 Å². The zero-order valence-electron chi connectivity index (χ0n) is 15.0. The van der Waals surface area contributed by atoms with Crippen LogP contribution in [-0.4, -0.2) is 44.0 Å². The zero-order chi connectivity index (χ0) is 18.1. The highest BCUT2D eigenvalue weighted by Crippen LogP contribution is 2.11. The Morgan fingerprint density at radius 3 is 2.60 bits per heavy atom. The van der Waals surface area contributed by atoms with Gasteiger partial charge in [-0.2, -0.15) is 0 Å². The second-order valence-electron chi connectivity index (χ2n) is 5.99. The number of nitrogens with one attached hydrogen (secondary N) is 2. The van der Waals surface area contributed by atoms with Crippen LogP contribution in [0.25, 0.3) is 0 Å². The molecule has 5 nitrogen and oxygen atoms in total. The van der Waals surface area contributed by atoms with Crippen molar-refractivity contribution in [2.45, 2.75) is 19.4 Å². The molecule has 0 radical (unpaired) electrons. The lowest BCUT2D eigenvalue weighted by Gasteiger charge is -2.19. The second kappa shape index (κ2) is 9.84. The van der Waals surface area contributed by atoms with E-state index in [0.29, 0.717) is 5.96 Å². The number of hydrogen-bond acceptors (Lipinski definition) is 3. The Balaban J connectivity index is 1.97. The van der Waals surface area contributed by atoms with Crippen LogP contribution < -0.4 is 10.6 Å². The maximum absolute atomic E-state index is 11.8. The highest BCUT2D eigenvalue weighted by Gasteiger charge is 2.09. The number of hydrogen-bond donors (Lipinski definition) is 2. The third kappa shape index (κ3) is 6.58. The predicted octanol–water partition coefficient (Wildman–Crippen LogP) is 2.68. The van der Waals surface area contributed by atoms with Crippen molar-refractivity contribution in [1.29, 1.82) is 0 Å². The van der Waals surface area contributed by atoms with Crippen molar-refractivity contribution >= 4 is 23.2 Å². The minimum atomic E-state index is -0.0216. The van der Waals surface area contributed by atoms with Crippen LogP contribution >= 0.6 is 11.3 Å². The molecule has 1 amide bonds. The molecule has 0 aliphatic heterocycles. The summed E-state index contributed by atoms with van der Waals surface area (Å²) >= 11 is 1.75. The highest BCUT2D eigenvalue weighted by molar-refractivity contribution is 7.09. The van der Waals surface area contributed by atoms with E-state index >= 15 is 0 Å². The molecule has 0 spiro atoms. The molecule has 25 heavy (non-hydrogen) atoms. The SMILES string of the molecule is CC(NC(=NCC(=O)N(C)C)NCCc1cccs1)c1ccccc1. The van der Waals surface area contributed by atoms with Gasteiger partial charge in [0, 0.05) is 25.5 Å². The maximum atomic E-state index is 11.8. The molecular weight excluding hydrogens is 332 g/mol. The van der Waals surface area contributed by atoms with Crippen molar-refractivity contribution in [1.82, 2.24) is 15.5 Å². The van der Waals surface area contributed by atoms with Crippen LogP contribution in [0.3, 0.4) is 0 Å². The first-order chi connectivity index (χ1) is 12.1. The Morgan fingerprint density at radius 2 is 1.96 bits per heavy atom. The van der Waals surface area contributed by atoms with Crippen LogP contribution in [0.4, 0.5) is 0 Å². The molecule has 0 saturated heterocycles. The average Bonchev–Trinajstić information content (AvgIpc) is 3.13. The summed E-state index contributed by atoms with van der Waals surface area (Å²) in [5.74, 6) is 0.634. The molecule has 0 aliphatic carbocycles. The summed E-state index contributed by atoms with van der Waals surface area (Å²) in [5.41, 5.74) is 1.18. The Kier molecular flexibility index (Phi) is 7.47. The molecule has 1 aromatic heterocycles. The summed E-state index contributed by atoms with van der Waals surface area (Å²) in [7, 11) is 3.48. The lowest BCUT2D eigenvalue weighted by molar-refractivity contribution is -0.127. The van der Waals surface area contributed by atoms with Gasteiger partial charge in [0.1, 0.15) is 6.54 Å². The second-order valence-corrected chi connectivity index (χ2v) is 7.02. The molecule has 6 heteroatoms. The summed E-state index contributed by atoms with van der Waals surface area (Å²) in [6, 6.07) is 14.5. The van der Waals surface area contributed by atoms with Gasteiger partial charge in [-0.1, -0.05) is 36.4 Å². The van der Waals surface area contributed by atoms with Gasteiger partial charge in [0.25, 0.3) is 0 Å². The lowest BCUT2D eigenvalue weighted by atomic mass is 10.1. The molecule has 2 aromatic rings. The van der Waals surface area contributed by atoms with Crippen LogP contribution in [0.5, 0.6) is 0 Å². The van der Waals surface area contributed by atoms with E-state index in [9.17, 15) is 4.79 Å². The molecular formula is C19H26N4OS. The van der Waals surface area contributed by atoms with Crippen LogP contribution in [0, 0.1) is 0 Å². The van der Waals surface area contributed by atoms with E-state index in [2.05, 4.69) is 52.2 Å². The smallest absolute Gasteiger partial charge is 0.243 e. The van der Waals surface area contributed by atoms with E-state index in [1.54, 1.807) is 30.3 Å². The van der Waals surface area contributed by atoms with E-state index in [-0.39, 0.29) is 18.5 Å². The summed E-state index contributed by atoms with van der Waals surface area (Å²) in [6.07, 6.45) is 0.930. The number of likely N-dealkylation sites (N-methyl/N-ethyl adjacent to an activating group) is 1. The number of aliphatic imine (C=N–C) groups is 1. The molecule has 134 valence electrons. The van der Waals surface area contributed by atoms with Crippen molar-refractivity contribution in [3.63, 3.8) is 0 Å². The summed E-state index contributed by atoms with van der Waals surface area (Å²) in [5, 5.41) is 8.79. The monoisotopic (exact) mass is 358 g/mol. The first-order valence-corrected chi connectivity index (χ1v) is 9.26. The number of nitrogens with zero attached hydrogens (tertiary/aromatic N) is 2. The van der Waals surface area contributed by atoms with Gasteiger partial charge in [-0.05, 0) is 30.4 Å². The Morgan fingerprint density at radius 1 is 1.20 bits per heavy atom. The number of carbonyl (C=O) groups excluding carboxylic acids is 1. The molecule has 1 unspecified atom stereocenters. The van der Waals surface area contributed by atoms with E-state index in [1.807, 2.05) is 18.2 Å². The summed E-state index contributed by atoms with van der Waals surface area (Å²) in [6.45, 7) is 2.98. The number of guanidine groups is 1. The first-order valence-electron chi connectivity index (χ1n) is 8.38. The number of benzene rings is 1. The summed E-state index contributed by atoms with van der Waals surface area (Å²) < 4.78 is 0. The molecule has 2 rings (SSSR count). The topological polar surface area (TPSA) is 56.7 Å². The van der Waals surface area contributed by atoms with E-state index in [1.165, 1.54) is 10.4 Å². The predicted molar refractivity (Wildman–Crippen MR) is 105 cm³/mol. The normalized spacial score (nSPS) is 12.5. The Hall–Kier alpha value is -2.34. The van der Waals surface area contributed by atoms with Crippen LogP contribution in [0.2, 0.25) is 0 Å². The fourth-order valence-electron chi connectivity index (χ4n) is 2.23. The van der Waals surface area contributed by atoms with E-state index in [0.717, 1.165) is 13.0 Å². The number of rotatable bonds is 7. The van der Waals surface area contributed by atoms with Crippen molar-refractivity contribution in [3.8, 4) is 0 Å². The van der Waals surface area contributed by atoms with Gasteiger partial charge in [0.15, 0.2) is 5.96 Å². The molecule has 0 saturated carbocycles. The quantitative estimate of drug-likeness (QED) is 0.591. The van der Waals surface area contributed by atoms with Gasteiger partial charge in [0.2, 0.25) is 5.91 Å². The van der Waals surface area contributed by atoms with Crippen molar-refractivity contribution in [2.75, 3.05) is 27.2 Å². The van der Waals surface area contributed by atoms with Crippen molar-refractivity contribution < 1.29 is 4.79 Å². The van der Waals surface area contributed by atoms with Gasteiger partial charge in [-0.3, -0.25) is 4.79 Å². The molecule has 1 aromatic carbocycles. The molecule has 0 bridgehead atoms. The molecule has 1 atom stereocenters. The van der Waals surface area contributed by atoms with Gasteiger partial charge in [-0.25, -0.2) is 4.99 Å². The molecule has 2 N–H and O–H groups in total. The van der Waals surface area contributed by atoms with Gasteiger partial charge in [-0.15, -0.1) is 11.3 Å². The van der Waals surface area contributed by atoms with Crippen LogP contribution in [-0.2, 0) is 11.2 Å². The maximum Gasteiger partial charge on any atom is 0.243 e. The molecule has 1 heterocycles. The number of carbonyl (C=O) groups is 1. The van der Waals surface area contributed by atoms with E-state index < -0.39 is 0 Å². The van der Waals surface area contributed by atoms with E-state index in [4.69, 9.17) is 0 Å². The summed E-state index contributed by atoms with van der Waals surface area (Å²) in [4.78, 5) is 19.1. The minimum Gasteiger partial charge on any atom is -0.356 e. The third-order valence-electron chi connectivity index (χ3n) is 3.77. The fraction of sp³-hybridized carbons (Fsp3) is 0.368. The number of amides is 1. The van der Waals surface area contributed by atoms with Gasteiger partial charge < -0.3 is 15.5 Å². The lowest BCUT2D eigenvalue weighted by Crippen LogP contribution is -2.40. The third-order valence-corrected chi connectivity index (χ3v) is 4.70. The van der Waals surface area contributed by atoms with Crippen molar-refractivity contribution in [3.05, 3.63) is 58.3 Å². The highest BCUT2D eigenvalue weighted by atomic mass is 32.1. The van der Waals surface area contributed by atoms with Gasteiger partial charge >= 0.3 is 0 Å². The average molecular weight is 359 g/mol. The molecule has 0 aliphatic rings. The van der Waals surface area contributed by atoms with Crippen molar-refractivity contribution in [2.24, 2.45) is 4.99 Å². The fourth-order valence-corrected chi connectivity index (χ4v) is 2.94. The standard InChI is InChI=1S/C19H26N4OS/c1-15(16-8-5-4-6-9-16)22-19(21-14-18(24)23(2)3)20-12-11-17-10-7-13-25-17/h4-10,13,15H,11-12,14H2,1-3H3,(H2,20,21,22). The van der Waals surface area contributed by atoms with Crippen LogP contribution in [0.1, 0.15) is 23.4 Å². The number of thiophene rings is 1. The first kappa shape index (κ1) is 19.0. The zero-order valence-corrected chi connectivity index (χ0v) is 15.8. The van der Waals surface area contributed by atoms with Crippen LogP contribution in [0.15, 0.2) is 52.8 Å².